The van der Waals surface area contributed by atoms with Crippen LogP contribution in [0.5, 0.6) is 0 Å². The average Bonchev–Trinajstić information content (AvgIpc) is 3.05. The van der Waals surface area contributed by atoms with E-state index in [0.29, 0.717) is 15.7 Å². The van der Waals surface area contributed by atoms with Crippen LogP contribution in [0.1, 0.15) is 22.4 Å². The topological polar surface area (TPSA) is 106 Å². The Morgan fingerprint density at radius 1 is 0.848 bits per heavy atom. The fraction of sp³-hybridized carbons (Fsp3) is 0.114. The van der Waals surface area contributed by atoms with Gasteiger partial charge in [-0.2, -0.15) is 0 Å². The number of fused-ring (bicyclic) bond motifs is 1. The van der Waals surface area contributed by atoms with E-state index >= 15 is 0 Å². The van der Waals surface area contributed by atoms with Crippen molar-refractivity contribution in [1.29, 1.82) is 0 Å². The van der Waals surface area contributed by atoms with Crippen molar-refractivity contribution in [3.8, 4) is 0 Å². The van der Waals surface area contributed by atoms with E-state index in [9.17, 15) is 18.0 Å². The van der Waals surface area contributed by atoms with Gasteiger partial charge in [-0.05, 0) is 77.4 Å². The van der Waals surface area contributed by atoms with Gasteiger partial charge in [0.15, 0.2) is 0 Å². The minimum atomic E-state index is -3.98. The summed E-state index contributed by atoms with van der Waals surface area (Å²) in [6.45, 7) is -0.368. The van der Waals surface area contributed by atoms with Gasteiger partial charge >= 0.3 is 5.97 Å². The van der Waals surface area contributed by atoms with Gasteiger partial charge in [0, 0.05) is 21.1 Å². The van der Waals surface area contributed by atoms with Crippen LogP contribution >= 0.6 is 23.2 Å². The second kappa shape index (κ2) is 14.7. The number of aromatic nitrogens is 1. The van der Waals surface area contributed by atoms with Gasteiger partial charge in [0.2, 0.25) is 15.9 Å². The molecule has 8 nitrogen and oxygen atoms in total. The monoisotopic (exact) mass is 673 g/mol. The molecule has 0 radical (unpaired) electrons. The van der Waals surface area contributed by atoms with Gasteiger partial charge in [0.05, 0.1) is 42.7 Å². The van der Waals surface area contributed by atoms with Crippen LogP contribution in [0, 0.1) is 0 Å². The molecule has 1 N–H and O–H groups in total. The molecular weight excluding hydrogens is 645 g/mol. The van der Waals surface area contributed by atoms with Crippen LogP contribution < -0.4 is 9.62 Å². The predicted molar refractivity (Wildman–Crippen MR) is 182 cm³/mol. The zero-order valence-corrected chi connectivity index (χ0v) is 27.0. The van der Waals surface area contributed by atoms with Gasteiger partial charge in [-0.25, -0.2) is 18.1 Å². The quantitative estimate of drug-likeness (QED) is 0.152. The Balaban J connectivity index is 1.42. The Kier molecular flexibility index (Phi) is 10.5. The van der Waals surface area contributed by atoms with E-state index in [1.165, 1.54) is 36.3 Å². The number of carbonyl (C=O) groups excluding carboxylic acids is 2. The number of benzene rings is 4. The fourth-order valence-corrected chi connectivity index (χ4v) is 5.98. The molecule has 0 aliphatic heterocycles. The number of amides is 1. The van der Waals surface area contributed by atoms with Crippen LogP contribution in [0.2, 0.25) is 10.0 Å². The summed E-state index contributed by atoms with van der Waals surface area (Å²) < 4.78 is 33.0. The lowest BCUT2D eigenvalue weighted by molar-refractivity contribution is -0.139. The van der Waals surface area contributed by atoms with Crippen molar-refractivity contribution in [3.05, 3.63) is 136 Å². The number of hydrogen-bond donors (Lipinski definition) is 1. The SMILES string of the molecule is COC(=O)Cc1cccc(CN(C(=O)CNS(=O)(=O)c2ccc(Cl)cc2)c2cccc(C=Cc3ccc4ccc(Cl)cc4n3)c2)c1. The van der Waals surface area contributed by atoms with Crippen LogP contribution in [-0.2, 0) is 37.3 Å². The molecular formula is C35H29Cl2N3O5S. The van der Waals surface area contributed by atoms with Crippen LogP contribution in [-0.4, -0.2) is 38.9 Å². The summed E-state index contributed by atoms with van der Waals surface area (Å²) in [6.07, 6.45) is 3.82. The van der Waals surface area contributed by atoms with Gasteiger partial charge in [-0.15, -0.1) is 0 Å². The lowest BCUT2D eigenvalue weighted by Crippen LogP contribution is -2.40. The smallest absolute Gasteiger partial charge is 0.309 e. The number of rotatable bonds is 11. The maximum Gasteiger partial charge on any atom is 0.309 e. The van der Waals surface area contributed by atoms with Crippen molar-refractivity contribution < 1.29 is 22.7 Å². The molecule has 0 saturated heterocycles. The minimum Gasteiger partial charge on any atom is -0.469 e. The lowest BCUT2D eigenvalue weighted by Gasteiger charge is -2.24. The van der Waals surface area contributed by atoms with Crippen molar-refractivity contribution in [1.82, 2.24) is 9.71 Å². The molecule has 1 aromatic heterocycles. The summed E-state index contributed by atoms with van der Waals surface area (Å²) >= 11 is 12.0. The number of esters is 1. The Labute approximate surface area is 277 Å². The first-order chi connectivity index (χ1) is 22.1. The number of methoxy groups -OCH3 is 1. The highest BCUT2D eigenvalue weighted by Crippen LogP contribution is 2.23. The van der Waals surface area contributed by atoms with Crippen LogP contribution in [0.3, 0.4) is 0 Å². The van der Waals surface area contributed by atoms with Crippen LogP contribution in [0.25, 0.3) is 23.1 Å². The summed E-state index contributed by atoms with van der Waals surface area (Å²) in [7, 11) is -2.66. The highest BCUT2D eigenvalue weighted by molar-refractivity contribution is 7.89. The molecule has 0 fully saturated rings. The van der Waals surface area contributed by atoms with Crippen molar-refractivity contribution >= 4 is 73.8 Å². The van der Waals surface area contributed by atoms with E-state index in [0.717, 1.165) is 33.3 Å². The molecule has 0 spiro atoms. The minimum absolute atomic E-state index is 0.0107. The van der Waals surface area contributed by atoms with Gasteiger partial charge < -0.3 is 9.64 Å². The number of pyridine rings is 1. The molecule has 0 saturated carbocycles. The van der Waals surface area contributed by atoms with E-state index in [1.54, 1.807) is 24.3 Å². The molecule has 46 heavy (non-hydrogen) atoms. The fourth-order valence-electron chi connectivity index (χ4n) is 4.71. The van der Waals surface area contributed by atoms with Gasteiger partial charge in [0.25, 0.3) is 0 Å². The second-order valence-electron chi connectivity index (χ2n) is 10.3. The summed E-state index contributed by atoms with van der Waals surface area (Å²) in [5, 5.41) is 1.97. The van der Waals surface area contributed by atoms with Gasteiger partial charge in [0.1, 0.15) is 0 Å². The number of hydrogen-bond acceptors (Lipinski definition) is 6. The molecule has 1 amide bonds. The number of halogens is 2. The number of sulfonamides is 1. The van der Waals surface area contributed by atoms with Gasteiger partial charge in [-0.1, -0.05) is 77.8 Å². The van der Waals surface area contributed by atoms with E-state index in [2.05, 4.69) is 9.71 Å². The lowest BCUT2D eigenvalue weighted by atomic mass is 10.1. The number of anilines is 1. The Bertz CT molecular complexity index is 2030. The number of carbonyl (C=O) groups is 2. The third-order valence-corrected chi connectivity index (χ3v) is 8.95. The average molecular weight is 675 g/mol. The molecule has 5 rings (SSSR count). The summed E-state index contributed by atoms with van der Waals surface area (Å²) in [5.41, 5.74) is 4.32. The van der Waals surface area contributed by atoms with Crippen molar-refractivity contribution in [2.24, 2.45) is 0 Å². The zero-order chi connectivity index (χ0) is 32.7. The van der Waals surface area contributed by atoms with E-state index in [-0.39, 0.29) is 23.8 Å². The van der Waals surface area contributed by atoms with Crippen molar-refractivity contribution in [2.75, 3.05) is 18.6 Å². The maximum atomic E-state index is 13.7. The molecule has 5 aromatic rings. The summed E-state index contributed by atoms with van der Waals surface area (Å²) in [6, 6.07) is 29.6. The highest BCUT2D eigenvalue weighted by atomic mass is 35.5. The normalized spacial score (nSPS) is 11.5. The summed E-state index contributed by atoms with van der Waals surface area (Å²) in [5.74, 6) is -0.865. The molecule has 0 bridgehead atoms. The molecule has 234 valence electrons. The van der Waals surface area contributed by atoms with Crippen molar-refractivity contribution in [3.63, 3.8) is 0 Å². The Morgan fingerprint density at radius 3 is 2.35 bits per heavy atom. The zero-order valence-electron chi connectivity index (χ0n) is 24.7. The van der Waals surface area contributed by atoms with Crippen LogP contribution in [0.4, 0.5) is 5.69 Å². The number of nitrogens with one attached hydrogen (secondary N) is 1. The van der Waals surface area contributed by atoms with Crippen LogP contribution in [0.15, 0.2) is 108 Å². The Hall–Kier alpha value is -4.54. The first kappa shape index (κ1) is 32.8. The van der Waals surface area contributed by atoms with E-state index in [4.69, 9.17) is 27.9 Å². The molecule has 0 unspecified atom stereocenters. The number of nitrogens with zero attached hydrogens (tertiary/aromatic N) is 2. The molecule has 4 aromatic carbocycles. The first-order valence-corrected chi connectivity index (χ1v) is 16.4. The third kappa shape index (κ3) is 8.58. The molecule has 1 heterocycles. The second-order valence-corrected chi connectivity index (χ2v) is 13.0. The molecule has 0 atom stereocenters. The molecule has 11 heteroatoms. The van der Waals surface area contributed by atoms with E-state index in [1.807, 2.05) is 66.7 Å². The largest absolute Gasteiger partial charge is 0.469 e. The molecule has 0 aliphatic carbocycles. The maximum absolute atomic E-state index is 13.7. The standard InChI is InChI=1S/C35H29Cl2N3O5S/c1-45-35(42)20-25-5-2-6-26(18-25)23-40(34(41)22-38-46(43,44)32-16-12-28(36)13-17-32)31-7-3-4-24(19-31)8-14-30-15-10-27-9-11-29(37)21-33(27)39-30/h2-19,21,38H,20,22-23H2,1H3. The van der Waals surface area contributed by atoms with E-state index < -0.39 is 22.5 Å². The third-order valence-electron chi connectivity index (χ3n) is 7.05. The molecule has 0 aliphatic rings. The Morgan fingerprint density at radius 2 is 1.57 bits per heavy atom. The summed E-state index contributed by atoms with van der Waals surface area (Å²) in [4.78, 5) is 31.7. The van der Waals surface area contributed by atoms with Gasteiger partial charge in [-0.3, -0.25) is 9.59 Å². The highest BCUT2D eigenvalue weighted by Gasteiger charge is 2.21. The van der Waals surface area contributed by atoms with Crippen molar-refractivity contribution in [2.45, 2.75) is 17.9 Å². The predicted octanol–water partition coefficient (Wildman–Crippen LogP) is 6.94. The first-order valence-electron chi connectivity index (χ1n) is 14.1. The number of ether oxygens (including phenoxy) is 1.